The lowest BCUT2D eigenvalue weighted by atomic mass is 10.2. The van der Waals surface area contributed by atoms with Gasteiger partial charge in [-0.2, -0.15) is 0 Å². The van der Waals surface area contributed by atoms with E-state index in [4.69, 9.17) is 0 Å². The number of nitrogens with zero attached hydrogens (tertiary/aromatic N) is 4. The summed E-state index contributed by atoms with van der Waals surface area (Å²) in [5, 5.41) is 22.3. The first-order valence-corrected chi connectivity index (χ1v) is 9.58. The second kappa shape index (κ2) is 8.66. The maximum Gasteiger partial charge on any atom is 0.292 e. The molecule has 0 bridgehead atoms. The molecule has 1 N–H and O–H groups in total. The van der Waals surface area contributed by atoms with Crippen molar-refractivity contribution in [3.05, 3.63) is 64.7 Å². The van der Waals surface area contributed by atoms with Crippen molar-refractivity contribution in [1.82, 2.24) is 14.8 Å². The molecule has 0 aliphatic heterocycles. The van der Waals surface area contributed by atoms with E-state index in [2.05, 4.69) is 15.5 Å². The SMILES string of the molecule is CCn1c(S[C@H](C)C(=O)Nc2ccccc2[N+](=O)[O-])nnc1-c1ccccc1. The number of thioether (sulfide) groups is 1. The molecule has 144 valence electrons. The van der Waals surface area contributed by atoms with Crippen molar-refractivity contribution < 1.29 is 9.72 Å². The largest absolute Gasteiger partial charge is 0.319 e. The van der Waals surface area contributed by atoms with Gasteiger partial charge in [-0.25, -0.2) is 0 Å². The van der Waals surface area contributed by atoms with Crippen LogP contribution in [0.5, 0.6) is 0 Å². The number of nitrogens with one attached hydrogen (secondary N) is 1. The molecule has 3 aromatic rings. The first kappa shape index (κ1) is 19.6. The van der Waals surface area contributed by atoms with Gasteiger partial charge in [-0.05, 0) is 19.9 Å². The number of hydrogen-bond acceptors (Lipinski definition) is 6. The predicted molar refractivity (Wildman–Crippen MR) is 108 cm³/mol. The number of carbonyl (C=O) groups excluding carboxylic acids is 1. The average Bonchev–Trinajstić information content (AvgIpc) is 3.11. The second-order valence-corrected chi connectivity index (χ2v) is 7.25. The van der Waals surface area contributed by atoms with Gasteiger partial charge in [0.1, 0.15) is 5.69 Å². The van der Waals surface area contributed by atoms with Crippen molar-refractivity contribution in [2.75, 3.05) is 5.32 Å². The molecule has 9 heteroatoms. The zero-order valence-electron chi connectivity index (χ0n) is 15.4. The monoisotopic (exact) mass is 397 g/mol. The summed E-state index contributed by atoms with van der Waals surface area (Å²) in [5.74, 6) is 0.392. The van der Waals surface area contributed by atoms with Crippen LogP contribution in [0.25, 0.3) is 11.4 Å². The zero-order chi connectivity index (χ0) is 20.1. The molecule has 8 nitrogen and oxygen atoms in total. The van der Waals surface area contributed by atoms with Gasteiger partial charge in [0.05, 0.1) is 10.2 Å². The number of rotatable bonds is 7. The topological polar surface area (TPSA) is 103 Å². The Kier molecular flexibility index (Phi) is 6.05. The molecular weight excluding hydrogens is 378 g/mol. The van der Waals surface area contributed by atoms with Gasteiger partial charge in [0.2, 0.25) is 5.91 Å². The smallest absolute Gasteiger partial charge is 0.292 e. The van der Waals surface area contributed by atoms with E-state index in [1.54, 1.807) is 19.1 Å². The van der Waals surface area contributed by atoms with Gasteiger partial charge in [0.25, 0.3) is 5.69 Å². The highest BCUT2D eigenvalue weighted by Crippen LogP contribution is 2.28. The Hall–Kier alpha value is -3.20. The maximum absolute atomic E-state index is 12.6. The van der Waals surface area contributed by atoms with Crippen LogP contribution in [-0.4, -0.2) is 30.8 Å². The summed E-state index contributed by atoms with van der Waals surface area (Å²) in [6.07, 6.45) is 0. The van der Waals surface area contributed by atoms with Crippen molar-refractivity contribution in [2.24, 2.45) is 0 Å². The van der Waals surface area contributed by atoms with Crippen molar-refractivity contribution in [3.8, 4) is 11.4 Å². The fourth-order valence-electron chi connectivity index (χ4n) is 2.65. The van der Waals surface area contributed by atoms with E-state index in [9.17, 15) is 14.9 Å². The fourth-order valence-corrected chi connectivity index (χ4v) is 3.56. The third-order valence-corrected chi connectivity index (χ3v) is 5.16. The first-order valence-electron chi connectivity index (χ1n) is 8.70. The molecule has 1 heterocycles. The van der Waals surface area contributed by atoms with Crippen LogP contribution in [0.3, 0.4) is 0 Å². The van der Waals surface area contributed by atoms with Crippen molar-refractivity contribution in [1.29, 1.82) is 0 Å². The molecule has 0 saturated heterocycles. The molecule has 1 atom stereocenters. The lowest BCUT2D eigenvalue weighted by molar-refractivity contribution is -0.383. The maximum atomic E-state index is 12.6. The highest BCUT2D eigenvalue weighted by molar-refractivity contribution is 8.00. The Bertz CT molecular complexity index is 990. The van der Waals surface area contributed by atoms with E-state index in [1.807, 2.05) is 41.8 Å². The minimum atomic E-state index is -0.521. The van der Waals surface area contributed by atoms with E-state index < -0.39 is 10.2 Å². The van der Waals surface area contributed by atoms with Gasteiger partial charge in [-0.15, -0.1) is 10.2 Å². The quantitative estimate of drug-likeness (QED) is 0.367. The summed E-state index contributed by atoms with van der Waals surface area (Å²) >= 11 is 1.26. The van der Waals surface area contributed by atoms with Gasteiger partial charge >= 0.3 is 0 Å². The average molecular weight is 397 g/mol. The Morgan fingerprint density at radius 1 is 1.18 bits per heavy atom. The van der Waals surface area contributed by atoms with Crippen LogP contribution in [-0.2, 0) is 11.3 Å². The minimum absolute atomic E-state index is 0.142. The molecule has 0 aliphatic carbocycles. The number of nitro groups is 1. The summed E-state index contributed by atoms with van der Waals surface area (Å²) in [5.41, 5.74) is 0.976. The van der Waals surface area contributed by atoms with Gasteiger partial charge in [-0.3, -0.25) is 14.9 Å². The van der Waals surface area contributed by atoms with Crippen LogP contribution in [0, 0.1) is 10.1 Å². The zero-order valence-corrected chi connectivity index (χ0v) is 16.2. The Labute approximate surface area is 166 Å². The minimum Gasteiger partial charge on any atom is -0.319 e. The summed E-state index contributed by atoms with van der Waals surface area (Å²) in [4.78, 5) is 23.1. The van der Waals surface area contributed by atoms with Crippen LogP contribution in [0.4, 0.5) is 11.4 Å². The number of carbonyl (C=O) groups is 1. The number of benzene rings is 2. The molecule has 0 fully saturated rings. The van der Waals surface area contributed by atoms with Crippen LogP contribution >= 0.6 is 11.8 Å². The summed E-state index contributed by atoms with van der Waals surface area (Å²) in [6.45, 7) is 4.36. The summed E-state index contributed by atoms with van der Waals surface area (Å²) < 4.78 is 1.94. The Balaban J connectivity index is 1.76. The van der Waals surface area contributed by atoms with Gasteiger partial charge in [0, 0.05) is 18.2 Å². The molecule has 28 heavy (non-hydrogen) atoms. The van der Waals surface area contributed by atoms with E-state index in [-0.39, 0.29) is 17.3 Å². The first-order chi connectivity index (χ1) is 13.5. The predicted octanol–water partition coefficient (Wildman–Crippen LogP) is 3.99. The Morgan fingerprint density at radius 2 is 1.86 bits per heavy atom. The lowest BCUT2D eigenvalue weighted by Crippen LogP contribution is -2.23. The molecule has 1 aromatic heterocycles. The molecule has 2 aromatic carbocycles. The number of hydrogen-bond donors (Lipinski definition) is 1. The van der Waals surface area contributed by atoms with Crippen LogP contribution in [0.15, 0.2) is 59.8 Å². The number of aromatic nitrogens is 3. The van der Waals surface area contributed by atoms with Crippen molar-refractivity contribution in [3.63, 3.8) is 0 Å². The second-order valence-electron chi connectivity index (χ2n) is 5.94. The van der Waals surface area contributed by atoms with Crippen molar-refractivity contribution in [2.45, 2.75) is 30.8 Å². The molecular formula is C19H19N5O3S. The Morgan fingerprint density at radius 3 is 2.54 bits per heavy atom. The van der Waals surface area contributed by atoms with Gasteiger partial charge in [0.15, 0.2) is 11.0 Å². The molecule has 0 aliphatic rings. The highest BCUT2D eigenvalue weighted by atomic mass is 32.2. The van der Waals surface area contributed by atoms with E-state index >= 15 is 0 Å². The standard InChI is InChI=1S/C19H19N5O3S/c1-3-23-17(14-9-5-4-6-10-14)21-22-19(23)28-13(2)18(25)20-15-11-7-8-12-16(15)24(26)27/h4-13H,3H2,1-2H3,(H,20,25)/t13-/m1/s1. The molecule has 0 saturated carbocycles. The van der Waals surface area contributed by atoms with Crippen LogP contribution in [0.1, 0.15) is 13.8 Å². The molecule has 1 amide bonds. The van der Waals surface area contributed by atoms with Crippen LogP contribution in [0.2, 0.25) is 0 Å². The van der Waals surface area contributed by atoms with Gasteiger partial charge in [-0.1, -0.05) is 54.2 Å². The van der Waals surface area contributed by atoms with Crippen LogP contribution < -0.4 is 5.32 Å². The fraction of sp³-hybridized carbons (Fsp3) is 0.211. The van der Waals surface area contributed by atoms with E-state index in [0.717, 1.165) is 11.4 Å². The third kappa shape index (κ3) is 4.20. The molecule has 3 rings (SSSR count). The summed E-state index contributed by atoms with van der Waals surface area (Å²) in [7, 11) is 0. The molecule has 0 spiro atoms. The van der Waals surface area contributed by atoms with Crippen molar-refractivity contribution >= 4 is 29.0 Å². The molecule has 0 radical (unpaired) electrons. The summed E-state index contributed by atoms with van der Waals surface area (Å²) in [6, 6.07) is 15.8. The number of anilines is 1. The number of nitro benzene ring substituents is 1. The molecule has 0 unspecified atom stereocenters. The van der Waals surface area contributed by atoms with E-state index in [1.165, 1.54) is 23.9 Å². The highest BCUT2D eigenvalue weighted by Gasteiger charge is 2.22. The van der Waals surface area contributed by atoms with E-state index in [0.29, 0.717) is 11.7 Å². The number of amides is 1. The number of para-hydroxylation sites is 2. The van der Waals surface area contributed by atoms with Gasteiger partial charge < -0.3 is 9.88 Å². The third-order valence-electron chi connectivity index (χ3n) is 4.08. The normalized spacial score (nSPS) is 11.8. The lowest BCUT2D eigenvalue weighted by Gasteiger charge is -2.13.